The molecular weight excluding hydrogens is 262 g/mol. The fourth-order valence-corrected chi connectivity index (χ4v) is 2.60. The number of rotatable bonds is 3. The highest BCUT2D eigenvalue weighted by molar-refractivity contribution is 6.33. The average molecular weight is 278 g/mol. The maximum atomic E-state index is 6.31. The lowest BCUT2D eigenvalue weighted by molar-refractivity contribution is 0.0876. The monoisotopic (exact) mass is 277 g/mol. The Morgan fingerprint density at radius 3 is 3.05 bits per heavy atom. The molecule has 0 bridgehead atoms. The molecule has 0 saturated carbocycles. The molecule has 100 valence electrons. The van der Waals surface area contributed by atoms with E-state index in [4.69, 9.17) is 16.3 Å². The molecule has 1 N–H and O–H groups in total. The second kappa shape index (κ2) is 5.63. The lowest BCUT2D eigenvalue weighted by Gasteiger charge is -2.25. The van der Waals surface area contributed by atoms with Crippen LogP contribution in [0.4, 0.5) is 5.69 Å². The average Bonchev–Trinajstić information content (AvgIpc) is 2.94. The van der Waals surface area contributed by atoms with Gasteiger partial charge in [0.2, 0.25) is 0 Å². The second-order valence-electron chi connectivity index (χ2n) is 4.65. The zero-order valence-electron chi connectivity index (χ0n) is 10.6. The van der Waals surface area contributed by atoms with Crippen LogP contribution in [0, 0.1) is 0 Å². The molecule has 2 heterocycles. The van der Waals surface area contributed by atoms with Gasteiger partial charge in [-0.1, -0.05) is 17.7 Å². The number of halogens is 1. The van der Waals surface area contributed by atoms with Crippen LogP contribution in [0.5, 0.6) is 0 Å². The fraction of sp³-hybridized carbons (Fsp3) is 0.357. The second-order valence-corrected chi connectivity index (χ2v) is 5.05. The minimum atomic E-state index is 0.335. The fourth-order valence-electron chi connectivity index (χ4n) is 2.34. The molecule has 0 spiro atoms. The lowest BCUT2D eigenvalue weighted by Crippen LogP contribution is -2.30. The zero-order valence-corrected chi connectivity index (χ0v) is 11.3. The van der Waals surface area contributed by atoms with Crippen LogP contribution < -0.4 is 5.32 Å². The van der Waals surface area contributed by atoms with E-state index in [2.05, 4.69) is 10.4 Å². The van der Waals surface area contributed by atoms with Crippen molar-refractivity contribution in [1.82, 2.24) is 9.78 Å². The predicted octanol–water partition coefficient (Wildman–Crippen LogP) is 3.12. The van der Waals surface area contributed by atoms with Crippen LogP contribution in [0.2, 0.25) is 5.02 Å². The van der Waals surface area contributed by atoms with E-state index in [1.54, 1.807) is 10.9 Å². The molecule has 1 saturated heterocycles. The third-order valence-electron chi connectivity index (χ3n) is 3.24. The van der Waals surface area contributed by atoms with Gasteiger partial charge in [0.25, 0.3) is 0 Å². The molecule has 2 aromatic rings. The van der Waals surface area contributed by atoms with Crippen LogP contribution >= 0.6 is 11.6 Å². The van der Waals surface area contributed by atoms with Crippen molar-refractivity contribution in [2.24, 2.45) is 0 Å². The molecule has 4 nitrogen and oxygen atoms in total. The number of hydrogen-bond donors (Lipinski definition) is 1. The first-order valence-corrected chi connectivity index (χ1v) is 6.85. The van der Waals surface area contributed by atoms with Gasteiger partial charge >= 0.3 is 0 Å². The van der Waals surface area contributed by atoms with Gasteiger partial charge in [-0.15, -0.1) is 0 Å². The van der Waals surface area contributed by atoms with Crippen molar-refractivity contribution in [3.63, 3.8) is 0 Å². The summed E-state index contributed by atoms with van der Waals surface area (Å²) in [6, 6.07) is 8.07. The first-order valence-electron chi connectivity index (χ1n) is 6.47. The molecule has 1 atom stereocenters. The maximum Gasteiger partial charge on any atom is 0.106 e. The summed E-state index contributed by atoms with van der Waals surface area (Å²) in [5.74, 6) is 0. The summed E-state index contributed by atoms with van der Waals surface area (Å²) in [6.07, 6.45) is 5.85. The van der Waals surface area contributed by atoms with Gasteiger partial charge in [-0.3, -0.25) is 0 Å². The molecule has 1 aromatic carbocycles. The molecule has 1 aliphatic heterocycles. The molecule has 1 aromatic heterocycles. The molecule has 0 amide bonds. The molecule has 19 heavy (non-hydrogen) atoms. The van der Waals surface area contributed by atoms with Crippen molar-refractivity contribution >= 4 is 17.3 Å². The first-order chi connectivity index (χ1) is 9.34. The van der Waals surface area contributed by atoms with Crippen LogP contribution in [0.3, 0.4) is 0 Å². The van der Waals surface area contributed by atoms with E-state index >= 15 is 0 Å². The van der Waals surface area contributed by atoms with E-state index in [0.29, 0.717) is 11.1 Å². The number of anilines is 1. The van der Waals surface area contributed by atoms with Crippen LogP contribution in [0.25, 0.3) is 5.69 Å². The Hall–Kier alpha value is -1.52. The van der Waals surface area contributed by atoms with Crippen molar-refractivity contribution in [3.8, 4) is 5.69 Å². The van der Waals surface area contributed by atoms with Crippen LogP contribution in [0.1, 0.15) is 12.8 Å². The van der Waals surface area contributed by atoms with E-state index in [-0.39, 0.29) is 0 Å². The SMILES string of the molecule is Clc1cccc(NC2CCCOC2)c1-n1cccn1. The predicted molar refractivity (Wildman–Crippen MR) is 76.0 cm³/mol. The lowest BCUT2D eigenvalue weighted by atomic mass is 10.1. The van der Waals surface area contributed by atoms with Gasteiger partial charge in [-0.05, 0) is 31.0 Å². The minimum absolute atomic E-state index is 0.335. The number of para-hydroxylation sites is 1. The van der Waals surface area contributed by atoms with Crippen molar-refractivity contribution in [2.75, 3.05) is 18.5 Å². The molecule has 1 unspecified atom stereocenters. The van der Waals surface area contributed by atoms with Gasteiger partial charge in [-0.25, -0.2) is 4.68 Å². The van der Waals surface area contributed by atoms with Crippen LogP contribution in [0.15, 0.2) is 36.7 Å². The van der Waals surface area contributed by atoms with Crippen molar-refractivity contribution in [3.05, 3.63) is 41.7 Å². The van der Waals surface area contributed by atoms with Gasteiger partial charge < -0.3 is 10.1 Å². The quantitative estimate of drug-likeness (QED) is 0.937. The molecule has 1 aliphatic rings. The number of aromatic nitrogens is 2. The highest BCUT2D eigenvalue weighted by Crippen LogP contribution is 2.29. The third kappa shape index (κ3) is 2.74. The Bertz CT molecular complexity index is 536. The minimum Gasteiger partial charge on any atom is -0.379 e. The molecule has 0 radical (unpaired) electrons. The van der Waals surface area contributed by atoms with E-state index in [1.165, 1.54) is 0 Å². The summed E-state index contributed by atoms with van der Waals surface area (Å²) >= 11 is 6.31. The Labute approximate surface area is 117 Å². The zero-order chi connectivity index (χ0) is 13.1. The third-order valence-corrected chi connectivity index (χ3v) is 3.55. The van der Waals surface area contributed by atoms with Gasteiger partial charge in [0.15, 0.2) is 0 Å². The summed E-state index contributed by atoms with van der Waals surface area (Å²) in [5.41, 5.74) is 1.88. The van der Waals surface area contributed by atoms with Gasteiger partial charge in [0.1, 0.15) is 5.69 Å². The van der Waals surface area contributed by atoms with Crippen LogP contribution in [-0.2, 0) is 4.74 Å². The summed E-state index contributed by atoms with van der Waals surface area (Å²) < 4.78 is 7.28. The highest BCUT2D eigenvalue weighted by atomic mass is 35.5. The van der Waals surface area contributed by atoms with E-state index in [1.807, 2.05) is 30.5 Å². The normalized spacial score (nSPS) is 19.3. The Balaban J connectivity index is 1.90. The molecule has 3 rings (SSSR count). The Morgan fingerprint density at radius 1 is 1.37 bits per heavy atom. The van der Waals surface area contributed by atoms with Crippen molar-refractivity contribution < 1.29 is 4.74 Å². The van der Waals surface area contributed by atoms with Gasteiger partial charge in [-0.2, -0.15) is 5.10 Å². The molecule has 0 aliphatic carbocycles. The Kier molecular flexibility index (Phi) is 3.71. The summed E-state index contributed by atoms with van der Waals surface area (Å²) in [5, 5.41) is 8.46. The number of hydrogen-bond acceptors (Lipinski definition) is 3. The highest BCUT2D eigenvalue weighted by Gasteiger charge is 2.16. The standard InChI is InChI=1S/C14H16ClN3O/c15-12-5-1-6-13(14(12)18-8-3-7-16-18)17-11-4-2-9-19-10-11/h1,3,5-8,11,17H,2,4,9-10H2. The molecule has 1 fully saturated rings. The van der Waals surface area contributed by atoms with Gasteiger partial charge in [0.05, 0.1) is 17.3 Å². The largest absolute Gasteiger partial charge is 0.379 e. The molecular formula is C14H16ClN3O. The van der Waals surface area contributed by atoms with Crippen molar-refractivity contribution in [1.29, 1.82) is 0 Å². The van der Waals surface area contributed by atoms with Crippen LogP contribution in [-0.4, -0.2) is 29.0 Å². The number of benzene rings is 1. The first kappa shape index (κ1) is 12.5. The number of ether oxygens (including phenoxy) is 1. The number of nitrogens with one attached hydrogen (secondary N) is 1. The van der Waals surface area contributed by atoms with E-state index < -0.39 is 0 Å². The summed E-state index contributed by atoms with van der Waals surface area (Å²) in [6.45, 7) is 1.60. The Morgan fingerprint density at radius 2 is 2.32 bits per heavy atom. The summed E-state index contributed by atoms with van der Waals surface area (Å²) in [4.78, 5) is 0. The smallest absolute Gasteiger partial charge is 0.106 e. The molecule has 5 heteroatoms. The topological polar surface area (TPSA) is 39.1 Å². The van der Waals surface area contributed by atoms with E-state index in [9.17, 15) is 0 Å². The van der Waals surface area contributed by atoms with Gasteiger partial charge in [0, 0.05) is 25.0 Å². The van der Waals surface area contributed by atoms with Crippen molar-refractivity contribution in [2.45, 2.75) is 18.9 Å². The maximum absolute atomic E-state index is 6.31. The number of nitrogens with zero attached hydrogens (tertiary/aromatic N) is 2. The van der Waals surface area contributed by atoms with E-state index in [0.717, 1.165) is 37.4 Å². The summed E-state index contributed by atoms with van der Waals surface area (Å²) in [7, 11) is 0.